The number of ether oxygens (including phenoxy) is 1. The minimum atomic E-state index is -0.691. The van der Waals surface area contributed by atoms with Crippen molar-refractivity contribution in [3.63, 3.8) is 0 Å². The summed E-state index contributed by atoms with van der Waals surface area (Å²) in [5, 5.41) is 10.4. The van der Waals surface area contributed by atoms with Crippen LogP contribution in [0.25, 0.3) is 11.1 Å². The van der Waals surface area contributed by atoms with Crippen molar-refractivity contribution in [2.45, 2.75) is 43.8 Å². The van der Waals surface area contributed by atoms with Crippen molar-refractivity contribution in [1.82, 2.24) is 4.90 Å². The minimum absolute atomic E-state index is 0.0179. The van der Waals surface area contributed by atoms with Gasteiger partial charge in [-0.2, -0.15) is 0 Å². The van der Waals surface area contributed by atoms with Crippen LogP contribution >= 0.6 is 0 Å². The highest BCUT2D eigenvalue weighted by molar-refractivity contribution is 5.95. The summed E-state index contributed by atoms with van der Waals surface area (Å²) in [6, 6.07) is 13.7. The normalized spacial score (nSPS) is 24.3. The van der Waals surface area contributed by atoms with Gasteiger partial charge in [-0.3, -0.25) is 4.79 Å². The number of amides is 1. The minimum Gasteiger partial charge on any atom is -0.390 e. The maximum Gasteiger partial charge on any atom is 0.253 e. The van der Waals surface area contributed by atoms with Gasteiger partial charge in [-0.1, -0.05) is 24.3 Å². The molecule has 148 valence electrons. The zero-order chi connectivity index (χ0) is 19.8. The summed E-state index contributed by atoms with van der Waals surface area (Å²) < 4.78 is 19.6. The van der Waals surface area contributed by atoms with Gasteiger partial charge < -0.3 is 14.7 Å². The third-order valence-electron chi connectivity index (χ3n) is 5.98. The lowest BCUT2D eigenvalue weighted by atomic mass is 9.78. The molecular formula is C23H26FNO3. The molecule has 0 radical (unpaired) electrons. The molecule has 1 N–H and O–H groups in total. The fraction of sp³-hybridized carbons (Fsp3) is 0.435. The lowest BCUT2D eigenvalue weighted by molar-refractivity contribution is -0.170. The maximum absolute atomic E-state index is 13.5. The summed E-state index contributed by atoms with van der Waals surface area (Å²) in [7, 11) is 0. The summed E-state index contributed by atoms with van der Waals surface area (Å²) >= 11 is 0. The predicted molar refractivity (Wildman–Crippen MR) is 106 cm³/mol. The molecule has 4 nitrogen and oxygen atoms in total. The molecule has 2 aliphatic heterocycles. The van der Waals surface area contributed by atoms with E-state index in [1.165, 1.54) is 12.1 Å². The van der Waals surface area contributed by atoms with Crippen molar-refractivity contribution in [2.24, 2.45) is 0 Å². The van der Waals surface area contributed by atoms with Gasteiger partial charge in [0.15, 0.2) is 0 Å². The third kappa shape index (κ3) is 3.96. The largest absolute Gasteiger partial charge is 0.390 e. The van der Waals surface area contributed by atoms with E-state index in [1.807, 2.05) is 36.1 Å². The first-order chi connectivity index (χ1) is 13.4. The molecule has 1 spiro atoms. The number of carbonyl (C=O) groups excluding carboxylic acids is 1. The van der Waals surface area contributed by atoms with Crippen LogP contribution in [0.1, 0.15) is 43.0 Å². The van der Waals surface area contributed by atoms with E-state index in [4.69, 9.17) is 4.74 Å². The number of hydrogen-bond acceptors (Lipinski definition) is 3. The molecule has 1 atom stereocenters. The van der Waals surface area contributed by atoms with E-state index >= 15 is 0 Å². The second-order valence-electron chi connectivity index (χ2n) is 8.34. The Labute approximate surface area is 164 Å². The molecule has 2 aromatic carbocycles. The van der Waals surface area contributed by atoms with Gasteiger partial charge in [-0.05, 0) is 61.6 Å². The summed E-state index contributed by atoms with van der Waals surface area (Å²) in [6.07, 6.45) is 2.75. The number of nitrogens with zero attached hydrogens (tertiary/aromatic N) is 1. The Bertz CT molecular complexity index is 872. The highest BCUT2D eigenvalue weighted by atomic mass is 19.1. The highest BCUT2D eigenvalue weighted by Crippen LogP contribution is 2.39. The van der Waals surface area contributed by atoms with Crippen LogP contribution in [0.3, 0.4) is 0 Å². The van der Waals surface area contributed by atoms with E-state index < -0.39 is 5.60 Å². The van der Waals surface area contributed by atoms with Crippen LogP contribution in [0.5, 0.6) is 0 Å². The lowest BCUT2D eigenvalue weighted by Gasteiger charge is -2.48. The molecule has 28 heavy (non-hydrogen) atoms. The standard InChI is InChI=1S/C23H26FNO3/c1-22(27)10-13-28-23(16-22)8-11-25(12-9-23)21(26)19-6-2-4-17(14-19)18-5-3-7-20(24)15-18/h2-7,14-15,27H,8-13,16H2,1H3. The SMILES string of the molecule is CC1(O)CCOC2(CCN(C(=O)c3cccc(-c4cccc(F)c4)c3)CC2)C1. The topological polar surface area (TPSA) is 49.8 Å². The molecule has 2 saturated heterocycles. The predicted octanol–water partition coefficient (Wildman–Crippen LogP) is 4.03. The number of carbonyl (C=O) groups is 1. The molecule has 0 aromatic heterocycles. The van der Waals surface area contributed by atoms with Crippen LogP contribution in [-0.4, -0.2) is 46.8 Å². The number of piperidine rings is 1. The molecule has 0 aliphatic carbocycles. The Morgan fingerprint density at radius 2 is 1.75 bits per heavy atom. The van der Waals surface area contributed by atoms with Crippen LogP contribution in [0, 0.1) is 5.82 Å². The summed E-state index contributed by atoms with van der Waals surface area (Å²) in [5.41, 5.74) is 1.18. The van der Waals surface area contributed by atoms with Crippen LogP contribution in [0.4, 0.5) is 4.39 Å². The maximum atomic E-state index is 13.5. The number of likely N-dealkylation sites (tertiary alicyclic amines) is 1. The van der Waals surface area contributed by atoms with E-state index in [1.54, 1.807) is 12.1 Å². The number of hydrogen-bond donors (Lipinski definition) is 1. The first-order valence-corrected chi connectivity index (χ1v) is 9.88. The van der Waals surface area contributed by atoms with Crippen molar-refractivity contribution in [3.05, 3.63) is 59.9 Å². The molecule has 0 bridgehead atoms. The van der Waals surface area contributed by atoms with Gasteiger partial charge in [0.1, 0.15) is 5.82 Å². The van der Waals surface area contributed by atoms with E-state index in [9.17, 15) is 14.3 Å². The van der Waals surface area contributed by atoms with Crippen LogP contribution in [0.15, 0.2) is 48.5 Å². The average molecular weight is 383 g/mol. The molecule has 2 aromatic rings. The summed E-state index contributed by atoms with van der Waals surface area (Å²) in [4.78, 5) is 14.9. The van der Waals surface area contributed by atoms with E-state index in [-0.39, 0.29) is 17.3 Å². The zero-order valence-corrected chi connectivity index (χ0v) is 16.2. The second-order valence-corrected chi connectivity index (χ2v) is 8.34. The van der Waals surface area contributed by atoms with E-state index in [2.05, 4.69) is 0 Å². The molecule has 1 unspecified atom stereocenters. The van der Waals surface area contributed by atoms with Gasteiger partial charge in [-0.15, -0.1) is 0 Å². The smallest absolute Gasteiger partial charge is 0.253 e. The van der Waals surface area contributed by atoms with Crippen molar-refractivity contribution in [3.8, 4) is 11.1 Å². The number of halogens is 1. The zero-order valence-electron chi connectivity index (χ0n) is 16.2. The van der Waals surface area contributed by atoms with Gasteiger partial charge >= 0.3 is 0 Å². The Balaban J connectivity index is 1.47. The van der Waals surface area contributed by atoms with Crippen LogP contribution < -0.4 is 0 Å². The van der Waals surface area contributed by atoms with Crippen molar-refractivity contribution in [1.29, 1.82) is 0 Å². The number of benzene rings is 2. The molecule has 0 saturated carbocycles. The molecule has 2 heterocycles. The Kier molecular flexibility index (Phi) is 4.98. The monoisotopic (exact) mass is 383 g/mol. The van der Waals surface area contributed by atoms with Crippen molar-refractivity contribution in [2.75, 3.05) is 19.7 Å². The van der Waals surface area contributed by atoms with E-state index in [0.717, 1.165) is 24.0 Å². The molecule has 2 aliphatic rings. The Morgan fingerprint density at radius 3 is 2.43 bits per heavy atom. The fourth-order valence-corrected chi connectivity index (χ4v) is 4.44. The van der Waals surface area contributed by atoms with Gasteiger partial charge in [-0.25, -0.2) is 4.39 Å². The van der Waals surface area contributed by atoms with E-state index in [0.29, 0.717) is 38.1 Å². The molecule has 5 heteroatoms. The molecule has 4 rings (SSSR count). The first-order valence-electron chi connectivity index (χ1n) is 9.88. The van der Waals surface area contributed by atoms with Gasteiger partial charge in [0, 0.05) is 25.1 Å². The average Bonchev–Trinajstić information content (AvgIpc) is 2.67. The van der Waals surface area contributed by atoms with Gasteiger partial charge in [0.2, 0.25) is 0 Å². The summed E-state index contributed by atoms with van der Waals surface area (Å²) in [5.74, 6) is -0.311. The number of rotatable bonds is 2. The molecular weight excluding hydrogens is 357 g/mol. The van der Waals surface area contributed by atoms with Crippen LogP contribution in [0.2, 0.25) is 0 Å². The lowest BCUT2D eigenvalue weighted by Crippen LogP contribution is -2.54. The highest BCUT2D eigenvalue weighted by Gasteiger charge is 2.44. The van der Waals surface area contributed by atoms with Gasteiger partial charge in [0.25, 0.3) is 5.91 Å². The van der Waals surface area contributed by atoms with Crippen molar-refractivity contribution >= 4 is 5.91 Å². The third-order valence-corrected chi connectivity index (χ3v) is 5.98. The Hall–Kier alpha value is -2.24. The van der Waals surface area contributed by atoms with Crippen LogP contribution in [-0.2, 0) is 4.74 Å². The Morgan fingerprint density at radius 1 is 1.07 bits per heavy atom. The summed E-state index contributed by atoms with van der Waals surface area (Å²) in [6.45, 7) is 3.65. The first kappa shape index (κ1) is 19.1. The number of aliphatic hydroxyl groups is 1. The van der Waals surface area contributed by atoms with Crippen molar-refractivity contribution < 1.29 is 19.0 Å². The molecule has 2 fully saturated rings. The van der Waals surface area contributed by atoms with Gasteiger partial charge in [0.05, 0.1) is 17.8 Å². The second kappa shape index (κ2) is 7.30. The quantitative estimate of drug-likeness (QED) is 0.852. The fourth-order valence-electron chi connectivity index (χ4n) is 4.44. The molecule has 1 amide bonds.